The maximum Gasteiger partial charge on any atom is 0.124 e. The van der Waals surface area contributed by atoms with Crippen LogP contribution in [0, 0.1) is 0 Å². The standard InChI is InChI=1S/C25H32N4O2S.ClH/c1-26-11-12-28(2)18-23-24(19-7-9-22(30-3)10-8-19)27-25(32-23)20-5-4-6-21(17-20)29-13-15-31-16-14-29;/h4-10,17,26H,11-16,18H2,1-3H3;1H. The van der Waals surface area contributed by atoms with Gasteiger partial charge in [0.1, 0.15) is 10.8 Å². The van der Waals surface area contributed by atoms with Crippen LogP contribution in [0.5, 0.6) is 5.75 Å². The Morgan fingerprint density at radius 2 is 1.88 bits per heavy atom. The van der Waals surface area contributed by atoms with Gasteiger partial charge in [0, 0.05) is 54.4 Å². The molecule has 4 rings (SSSR count). The van der Waals surface area contributed by atoms with Crippen molar-refractivity contribution in [3.05, 3.63) is 53.4 Å². The summed E-state index contributed by atoms with van der Waals surface area (Å²) in [6.07, 6.45) is 0. The predicted octanol–water partition coefficient (Wildman–Crippen LogP) is 4.40. The van der Waals surface area contributed by atoms with Gasteiger partial charge >= 0.3 is 0 Å². The quantitative estimate of drug-likeness (QED) is 0.482. The van der Waals surface area contributed by atoms with E-state index >= 15 is 0 Å². The van der Waals surface area contributed by atoms with E-state index < -0.39 is 0 Å². The van der Waals surface area contributed by atoms with Gasteiger partial charge in [-0.15, -0.1) is 23.7 Å². The van der Waals surface area contributed by atoms with Crippen LogP contribution in [0.1, 0.15) is 4.88 Å². The molecule has 0 aliphatic carbocycles. The number of methoxy groups -OCH3 is 1. The van der Waals surface area contributed by atoms with Gasteiger partial charge < -0.3 is 19.7 Å². The molecule has 1 saturated heterocycles. The Morgan fingerprint density at radius 3 is 2.58 bits per heavy atom. The first-order valence-electron chi connectivity index (χ1n) is 11.1. The number of rotatable bonds is 9. The number of likely N-dealkylation sites (N-methyl/N-ethyl adjacent to an activating group) is 2. The summed E-state index contributed by atoms with van der Waals surface area (Å²) in [6, 6.07) is 16.9. The molecule has 0 radical (unpaired) electrons. The molecule has 33 heavy (non-hydrogen) atoms. The molecule has 0 saturated carbocycles. The van der Waals surface area contributed by atoms with Crippen LogP contribution < -0.4 is 15.0 Å². The summed E-state index contributed by atoms with van der Waals surface area (Å²) in [5.41, 5.74) is 4.58. The zero-order valence-corrected chi connectivity index (χ0v) is 21.2. The molecule has 2 heterocycles. The van der Waals surface area contributed by atoms with Crippen molar-refractivity contribution in [3.8, 4) is 27.6 Å². The Morgan fingerprint density at radius 1 is 1.12 bits per heavy atom. The van der Waals surface area contributed by atoms with Crippen LogP contribution in [-0.4, -0.2) is 70.5 Å². The van der Waals surface area contributed by atoms with Gasteiger partial charge in [-0.2, -0.15) is 0 Å². The molecule has 1 aromatic heterocycles. The monoisotopic (exact) mass is 488 g/mol. The van der Waals surface area contributed by atoms with Crippen LogP contribution in [-0.2, 0) is 11.3 Å². The van der Waals surface area contributed by atoms with Crippen molar-refractivity contribution in [1.82, 2.24) is 15.2 Å². The van der Waals surface area contributed by atoms with E-state index in [0.717, 1.165) is 73.5 Å². The summed E-state index contributed by atoms with van der Waals surface area (Å²) in [5, 5.41) is 4.29. The highest BCUT2D eigenvalue weighted by molar-refractivity contribution is 7.15. The molecule has 6 nitrogen and oxygen atoms in total. The lowest BCUT2D eigenvalue weighted by Crippen LogP contribution is -2.36. The summed E-state index contributed by atoms with van der Waals surface area (Å²) >= 11 is 1.79. The number of nitrogens with one attached hydrogen (secondary N) is 1. The number of anilines is 1. The smallest absolute Gasteiger partial charge is 0.124 e. The molecule has 2 aromatic carbocycles. The summed E-state index contributed by atoms with van der Waals surface area (Å²) in [7, 11) is 5.84. The summed E-state index contributed by atoms with van der Waals surface area (Å²) < 4.78 is 10.9. The van der Waals surface area contributed by atoms with Gasteiger partial charge in [-0.25, -0.2) is 4.98 Å². The fourth-order valence-electron chi connectivity index (χ4n) is 3.84. The first-order valence-corrected chi connectivity index (χ1v) is 11.9. The van der Waals surface area contributed by atoms with E-state index in [4.69, 9.17) is 14.5 Å². The average molecular weight is 489 g/mol. The molecule has 1 aliphatic heterocycles. The van der Waals surface area contributed by atoms with Crippen molar-refractivity contribution in [2.24, 2.45) is 0 Å². The normalized spacial score (nSPS) is 13.8. The highest BCUT2D eigenvalue weighted by Crippen LogP contribution is 2.36. The molecule has 0 bridgehead atoms. The molecule has 8 heteroatoms. The fourth-order valence-corrected chi connectivity index (χ4v) is 5.00. The predicted molar refractivity (Wildman–Crippen MR) is 140 cm³/mol. The number of nitrogens with zero attached hydrogens (tertiary/aromatic N) is 3. The number of ether oxygens (including phenoxy) is 2. The second-order valence-corrected chi connectivity index (χ2v) is 9.09. The Bertz CT molecular complexity index is 1010. The Kier molecular flexibility index (Phi) is 9.52. The average Bonchev–Trinajstić information content (AvgIpc) is 3.27. The van der Waals surface area contributed by atoms with E-state index in [-0.39, 0.29) is 12.4 Å². The Hall–Kier alpha value is -2.16. The zero-order chi connectivity index (χ0) is 22.3. The number of hydrogen-bond acceptors (Lipinski definition) is 7. The number of aromatic nitrogens is 1. The third-order valence-corrected chi connectivity index (χ3v) is 6.78. The maximum atomic E-state index is 5.52. The molecule has 178 valence electrons. The van der Waals surface area contributed by atoms with Crippen molar-refractivity contribution < 1.29 is 9.47 Å². The van der Waals surface area contributed by atoms with Crippen LogP contribution in [0.4, 0.5) is 5.69 Å². The fraction of sp³-hybridized carbons (Fsp3) is 0.400. The minimum absolute atomic E-state index is 0. The van der Waals surface area contributed by atoms with E-state index in [0.29, 0.717) is 0 Å². The van der Waals surface area contributed by atoms with Gasteiger partial charge in [0.2, 0.25) is 0 Å². The van der Waals surface area contributed by atoms with Crippen LogP contribution in [0.2, 0.25) is 0 Å². The van der Waals surface area contributed by atoms with Crippen LogP contribution in [0.15, 0.2) is 48.5 Å². The topological polar surface area (TPSA) is 49.9 Å². The molecule has 0 amide bonds. The van der Waals surface area contributed by atoms with Crippen molar-refractivity contribution in [3.63, 3.8) is 0 Å². The second-order valence-electron chi connectivity index (χ2n) is 8.01. The van der Waals surface area contributed by atoms with Gasteiger partial charge in [0.25, 0.3) is 0 Å². The summed E-state index contributed by atoms with van der Waals surface area (Å²) in [5.74, 6) is 0.857. The highest BCUT2D eigenvalue weighted by Gasteiger charge is 2.18. The van der Waals surface area contributed by atoms with Crippen LogP contribution >= 0.6 is 23.7 Å². The Labute approximate surface area is 206 Å². The molecular weight excluding hydrogens is 456 g/mol. The van der Waals surface area contributed by atoms with Gasteiger partial charge in [-0.05, 0) is 50.5 Å². The van der Waals surface area contributed by atoms with E-state index in [2.05, 4.69) is 58.6 Å². The molecule has 1 N–H and O–H groups in total. The van der Waals surface area contributed by atoms with Crippen molar-refractivity contribution in [2.45, 2.75) is 6.54 Å². The lowest BCUT2D eigenvalue weighted by molar-refractivity contribution is 0.122. The minimum Gasteiger partial charge on any atom is -0.497 e. The molecule has 0 spiro atoms. The number of hydrogen-bond donors (Lipinski definition) is 1. The third-order valence-electron chi connectivity index (χ3n) is 5.69. The maximum absolute atomic E-state index is 5.52. The van der Waals surface area contributed by atoms with Crippen molar-refractivity contribution >= 4 is 29.4 Å². The summed E-state index contributed by atoms with van der Waals surface area (Å²) in [6.45, 7) is 6.24. The van der Waals surface area contributed by atoms with E-state index in [9.17, 15) is 0 Å². The van der Waals surface area contributed by atoms with E-state index in [1.54, 1.807) is 18.4 Å². The third kappa shape index (κ3) is 6.46. The number of thiazole rings is 1. The highest BCUT2D eigenvalue weighted by atomic mass is 35.5. The first-order chi connectivity index (χ1) is 15.7. The van der Waals surface area contributed by atoms with Gasteiger partial charge in [0.05, 0.1) is 26.0 Å². The number of halogens is 1. The minimum atomic E-state index is 0. The second kappa shape index (κ2) is 12.3. The van der Waals surface area contributed by atoms with Gasteiger partial charge in [0.15, 0.2) is 0 Å². The van der Waals surface area contributed by atoms with Gasteiger partial charge in [-0.3, -0.25) is 4.90 Å². The largest absolute Gasteiger partial charge is 0.497 e. The number of benzene rings is 2. The first kappa shape index (κ1) is 25.5. The van der Waals surface area contributed by atoms with Crippen molar-refractivity contribution in [1.29, 1.82) is 0 Å². The molecule has 0 unspecified atom stereocenters. The lowest BCUT2D eigenvalue weighted by atomic mass is 10.1. The van der Waals surface area contributed by atoms with Gasteiger partial charge in [-0.1, -0.05) is 12.1 Å². The lowest BCUT2D eigenvalue weighted by Gasteiger charge is -2.29. The van der Waals surface area contributed by atoms with Crippen LogP contribution in [0.25, 0.3) is 21.8 Å². The van der Waals surface area contributed by atoms with E-state index in [1.807, 2.05) is 19.2 Å². The van der Waals surface area contributed by atoms with Crippen molar-refractivity contribution in [2.75, 3.05) is 65.5 Å². The summed E-state index contributed by atoms with van der Waals surface area (Å²) in [4.78, 5) is 11.1. The van der Waals surface area contributed by atoms with E-state index in [1.165, 1.54) is 10.6 Å². The zero-order valence-electron chi connectivity index (χ0n) is 19.5. The van der Waals surface area contributed by atoms with Crippen LogP contribution in [0.3, 0.4) is 0 Å². The number of morpholine rings is 1. The molecule has 3 aromatic rings. The molecule has 1 fully saturated rings. The Balaban J connectivity index is 0.00000306. The molecule has 0 atom stereocenters. The molecule has 1 aliphatic rings. The SMILES string of the molecule is CNCCN(C)Cc1sc(-c2cccc(N3CCOCC3)c2)nc1-c1ccc(OC)cc1.Cl. The molecular formula is C25H33ClN4O2S.